The molecule has 0 saturated carbocycles. The maximum atomic E-state index is 10.0. The molecule has 1 aliphatic heterocycles. The first-order chi connectivity index (χ1) is 9.56. The zero-order valence-electron chi connectivity index (χ0n) is 11.0. The number of aliphatic hydroxyl groups is 3. The molecule has 1 aliphatic rings. The van der Waals surface area contributed by atoms with Gasteiger partial charge in [0, 0.05) is 12.8 Å². The molecular weight excluding hydrogens is 266 g/mol. The first kappa shape index (κ1) is 15.0. The van der Waals surface area contributed by atoms with Crippen LogP contribution in [0.4, 0.5) is 5.69 Å². The molecule has 0 aromatic heterocycles. The molecule has 20 heavy (non-hydrogen) atoms. The van der Waals surface area contributed by atoms with E-state index in [1.54, 1.807) is 24.3 Å². The van der Waals surface area contributed by atoms with Crippen LogP contribution >= 0.6 is 0 Å². The van der Waals surface area contributed by atoms with Crippen molar-refractivity contribution in [2.24, 2.45) is 0 Å². The summed E-state index contributed by atoms with van der Waals surface area (Å²) in [5.74, 6) is 0.462. The van der Waals surface area contributed by atoms with Crippen LogP contribution in [0, 0.1) is 0 Å². The quantitative estimate of drug-likeness (QED) is 0.530. The molecule has 5 atom stereocenters. The van der Waals surface area contributed by atoms with Crippen LogP contribution in [0.2, 0.25) is 0 Å². The van der Waals surface area contributed by atoms with Crippen LogP contribution in [0.15, 0.2) is 24.3 Å². The lowest BCUT2D eigenvalue weighted by molar-refractivity contribution is -0.284. The Labute approximate surface area is 116 Å². The molecule has 5 N–H and O–H groups in total. The number of nitrogen functional groups attached to an aromatic ring is 1. The van der Waals surface area contributed by atoms with Crippen LogP contribution in [0.1, 0.15) is 0 Å². The zero-order chi connectivity index (χ0) is 14.7. The number of hydrogen-bond acceptors (Lipinski definition) is 7. The summed E-state index contributed by atoms with van der Waals surface area (Å²) in [5.41, 5.74) is 6.16. The molecule has 112 valence electrons. The highest BCUT2D eigenvalue weighted by molar-refractivity contribution is 5.41. The summed E-state index contributed by atoms with van der Waals surface area (Å²) in [7, 11) is 1.39. The number of hydrogen-bond donors (Lipinski definition) is 4. The van der Waals surface area contributed by atoms with Crippen LogP contribution in [-0.2, 0) is 9.47 Å². The third-order valence-corrected chi connectivity index (χ3v) is 3.24. The predicted octanol–water partition coefficient (Wildman–Crippen LogP) is -0.898. The molecule has 1 aromatic carbocycles. The zero-order valence-corrected chi connectivity index (χ0v) is 11.0. The molecule has 0 spiro atoms. The minimum absolute atomic E-state index is 0.424. The number of methoxy groups -OCH3 is 1. The van der Waals surface area contributed by atoms with E-state index in [1.165, 1.54) is 7.11 Å². The van der Waals surface area contributed by atoms with E-state index in [0.717, 1.165) is 0 Å². The van der Waals surface area contributed by atoms with Crippen molar-refractivity contribution in [3.8, 4) is 5.75 Å². The van der Waals surface area contributed by atoms with Crippen LogP contribution in [0.5, 0.6) is 5.75 Å². The van der Waals surface area contributed by atoms with E-state index in [2.05, 4.69) is 0 Å². The monoisotopic (exact) mass is 285 g/mol. The Bertz CT molecular complexity index is 425. The summed E-state index contributed by atoms with van der Waals surface area (Å²) >= 11 is 0. The number of aliphatic hydroxyl groups excluding tert-OH is 3. The van der Waals surface area contributed by atoms with Gasteiger partial charge in [-0.15, -0.1) is 0 Å². The third-order valence-electron chi connectivity index (χ3n) is 3.24. The Morgan fingerprint density at radius 1 is 1.20 bits per heavy atom. The van der Waals surface area contributed by atoms with E-state index >= 15 is 0 Å². The second-order valence-corrected chi connectivity index (χ2v) is 4.59. The Balaban J connectivity index is 2.14. The lowest BCUT2D eigenvalue weighted by atomic mass is 9.99. The Morgan fingerprint density at radius 2 is 1.85 bits per heavy atom. The van der Waals surface area contributed by atoms with E-state index in [4.69, 9.17) is 25.1 Å². The summed E-state index contributed by atoms with van der Waals surface area (Å²) in [5, 5.41) is 29.0. The normalized spacial score (nSPS) is 33.9. The van der Waals surface area contributed by atoms with Gasteiger partial charge >= 0.3 is 0 Å². The van der Waals surface area contributed by atoms with Gasteiger partial charge in [0.15, 0.2) is 12.4 Å². The Morgan fingerprint density at radius 3 is 2.40 bits per heavy atom. The molecule has 1 aromatic rings. The fourth-order valence-corrected chi connectivity index (χ4v) is 2.16. The number of anilines is 1. The molecule has 1 heterocycles. The molecule has 7 nitrogen and oxygen atoms in total. The van der Waals surface area contributed by atoms with E-state index in [9.17, 15) is 10.2 Å². The van der Waals surface area contributed by atoms with Gasteiger partial charge in [-0.25, -0.2) is 0 Å². The van der Waals surface area contributed by atoms with Gasteiger partial charge in [-0.2, -0.15) is 0 Å². The topological polar surface area (TPSA) is 114 Å². The average Bonchev–Trinajstić information content (AvgIpc) is 2.45. The molecule has 0 radical (unpaired) electrons. The maximum Gasteiger partial charge on any atom is 0.195 e. The van der Waals surface area contributed by atoms with Crippen molar-refractivity contribution in [1.29, 1.82) is 0 Å². The largest absolute Gasteiger partial charge is 0.482 e. The summed E-state index contributed by atoms with van der Waals surface area (Å²) < 4.78 is 15.9. The molecule has 7 heteroatoms. The number of nitrogens with two attached hydrogens (primary N) is 1. The van der Waals surface area contributed by atoms with Gasteiger partial charge in [-0.1, -0.05) is 0 Å². The Hall–Kier alpha value is -1.38. The fraction of sp³-hybridized carbons (Fsp3) is 0.538. The highest BCUT2D eigenvalue weighted by Crippen LogP contribution is 2.26. The van der Waals surface area contributed by atoms with E-state index in [1.807, 2.05) is 0 Å². The van der Waals surface area contributed by atoms with Gasteiger partial charge in [0.1, 0.15) is 24.1 Å². The predicted molar refractivity (Wildman–Crippen MR) is 70.0 cm³/mol. The second-order valence-electron chi connectivity index (χ2n) is 4.59. The van der Waals surface area contributed by atoms with Crippen LogP contribution in [0.3, 0.4) is 0 Å². The highest BCUT2D eigenvalue weighted by atomic mass is 16.7. The van der Waals surface area contributed by atoms with Crippen LogP contribution in [-0.4, -0.2) is 59.7 Å². The molecule has 0 bridgehead atoms. The van der Waals surface area contributed by atoms with Crippen molar-refractivity contribution in [2.45, 2.75) is 30.7 Å². The van der Waals surface area contributed by atoms with Crippen LogP contribution in [0.25, 0.3) is 0 Å². The SMILES string of the molecule is CO[C@H]1[C@@H](O)[C@@H](CO)O[C@@H](O)[C@@H]1Oc1ccc(N)cc1. The van der Waals surface area contributed by atoms with Crippen molar-refractivity contribution < 1.29 is 29.5 Å². The minimum atomic E-state index is -1.32. The summed E-state index contributed by atoms with van der Waals surface area (Å²) in [6.45, 7) is -0.424. The Kier molecular flexibility index (Phi) is 4.79. The molecule has 0 unspecified atom stereocenters. The van der Waals surface area contributed by atoms with E-state index < -0.39 is 37.3 Å². The van der Waals surface area contributed by atoms with Gasteiger partial charge in [0.05, 0.1) is 6.61 Å². The van der Waals surface area contributed by atoms with Crippen molar-refractivity contribution >= 4 is 5.69 Å². The molecule has 0 amide bonds. The first-order valence-electron chi connectivity index (χ1n) is 6.24. The van der Waals surface area contributed by atoms with Crippen molar-refractivity contribution in [2.75, 3.05) is 19.5 Å². The second kappa shape index (κ2) is 6.38. The third kappa shape index (κ3) is 3.02. The van der Waals surface area contributed by atoms with E-state index in [0.29, 0.717) is 11.4 Å². The highest BCUT2D eigenvalue weighted by Gasteiger charge is 2.46. The standard InChI is InChI=1S/C13H19NO6/c1-18-11-10(16)9(6-15)20-13(17)12(11)19-8-4-2-7(14)3-5-8/h2-5,9-13,15-17H,6,14H2,1H3/t9-,10+,11+,12-,13-/m1/s1. The lowest BCUT2D eigenvalue weighted by Crippen LogP contribution is -2.61. The maximum absolute atomic E-state index is 10.0. The van der Waals surface area contributed by atoms with Gasteiger partial charge in [-0.05, 0) is 24.3 Å². The van der Waals surface area contributed by atoms with Crippen molar-refractivity contribution in [3.63, 3.8) is 0 Å². The molecule has 0 aliphatic carbocycles. The number of rotatable bonds is 4. The van der Waals surface area contributed by atoms with Gasteiger partial charge < -0.3 is 35.3 Å². The molecule has 1 saturated heterocycles. The van der Waals surface area contributed by atoms with E-state index in [-0.39, 0.29) is 0 Å². The minimum Gasteiger partial charge on any atom is -0.482 e. The van der Waals surface area contributed by atoms with Crippen molar-refractivity contribution in [3.05, 3.63) is 24.3 Å². The van der Waals surface area contributed by atoms with Gasteiger partial charge in [0.2, 0.25) is 0 Å². The molecule has 2 rings (SSSR count). The van der Waals surface area contributed by atoms with Gasteiger partial charge in [0.25, 0.3) is 0 Å². The van der Waals surface area contributed by atoms with Gasteiger partial charge in [-0.3, -0.25) is 0 Å². The first-order valence-corrected chi connectivity index (χ1v) is 6.24. The molecular formula is C13H19NO6. The summed E-state index contributed by atoms with van der Waals surface area (Å²) in [6.07, 6.45) is -5.08. The fourth-order valence-electron chi connectivity index (χ4n) is 2.16. The summed E-state index contributed by atoms with van der Waals surface area (Å²) in [6, 6.07) is 6.58. The lowest BCUT2D eigenvalue weighted by Gasteiger charge is -2.41. The molecule has 1 fully saturated rings. The summed E-state index contributed by atoms with van der Waals surface area (Å²) in [4.78, 5) is 0. The smallest absolute Gasteiger partial charge is 0.195 e. The van der Waals surface area contributed by atoms with Crippen molar-refractivity contribution in [1.82, 2.24) is 0 Å². The number of ether oxygens (including phenoxy) is 3. The average molecular weight is 285 g/mol. The number of benzene rings is 1. The van der Waals surface area contributed by atoms with Crippen LogP contribution < -0.4 is 10.5 Å².